The minimum Gasteiger partial charge on any atom is -0.271 e. The van der Waals surface area contributed by atoms with Crippen LogP contribution in [0.15, 0.2) is 12.2 Å². The molecular weight excluding hydrogens is 208 g/mol. The second-order valence-corrected chi connectivity index (χ2v) is 4.50. The van der Waals surface area contributed by atoms with Gasteiger partial charge in [-0.05, 0) is 31.3 Å². The first-order valence-corrected chi connectivity index (χ1v) is 5.88. The van der Waals surface area contributed by atoms with E-state index >= 15 is 0 Å². The Morgan fingerprint density at radius 3 is 2.93 bits per heavy atom. The predicted molar refractivity (Wildman–Crippen MR) is 63.4 cm³/mol. The van der Waals surface area contributed by atoms with E-state index in [0.717, 1.165) is 35.4 Å². The van der Waals surface area contributed by atoms with Gasteiger partial charge in [-0.1, -0.05) is 23.4 Å². The van der Waals surface area contributed by atoms with E-state index < -0.39 is 0 Å². The van der Waals surface area contributed by atoms with Crippen molar-refractivity contribution in [1.29, 1.82) is 0 Å². The molecule has 1 aromatic rings. The summed E-state index contributed by atoms with van der Waals surface area (Å²) in [6.07, 6.45) is 2.86. The van der Waals surface area contributed by atoms with Crippen LogP contribution < -0.4 is 11.3 Å². The van der Waals surface area contributed by atoms with E-state index in [1.165, 1.54) is 11.5 Å². The standard InChI is InChI=1S/C10H18N4S/c1-4-5-8-10(15-14-13-8)9(12-11)6-7(2)3/h9,12H,2,4-6,11H2,1,3H3. The Morgan fingerprint density at radius 2 is 2.40 bits per heavy atom. The van der Waals surface area contributed by atoms with Crippen molar-refractivity contribution in [2.24, 2.45) is 5.84 Å². The highest BCUT2D eigenvalue weighted by atomic mass is 32.1. The lowest BCUT2D eigenvalue weighted by atomic mass is 10.1. The summed E-state index contributed by atoms with van der Waals surface area (Å²) >= 11 is 1.42. The van der Waals surface area contributed by atoms with Crippen LogP contribution in [0.2, 0.25) is 0 Å². The van der Waals surface area contributed by atoms with E-state index in [0.29, 0.717) is 0 Å². The molecule has 1 unspecified atom stereocenters. The van der Waals surface area contributed by atoms with Crippen LogP contribution in [-0.4, -0.2) is 9.59 Å². The van der Waals surface area contributed by atoms with Crippen LogP contribution in [0, 0.1) is 0 Å². The minimum absolute atomic E-state index is 0.101. The van der Waals surface area contributed by atoms with Crippen molar-refractivity contribution >= 4 is 11.5 Å². The second-order valence-electron chi connectivity index (χ2n) is 3.71. The van der Waals surface area contributed by atoms with Crippen LogP contribution in [0.5, 0.6) is 0 Å². The zero-order chi connectivity index (χ0) is 11.3. The number of aryl methyl sites for hydroxylation is 1. The quantitative estimate of drug-likeness (QED) is 0.442. The third kappa shape index (κ3) is 3.37. The largest absolute Gasteiger partial charge is 0.271 e. The molecule has 15 heavy (non-hydrogen) atoms. The molecule has 0 aliphatic rings. The first kappa shape index (κ1) is 12.3. The smallest absolute Gasteiger partial charge is 0.0804 e. The molecule has 0 saturated heterocycles. The van der Waals surface area contributed by atoms with Crippen molar-refractivity contribution < 1.29 is 0 Å². The number of hydrogen-bond acceptors (Lipinski definition) is 5. The normalized spacial score (nSPS) is 12.7. The SMILES string of the molecule is C=C(C)CC(NN)c1snnc1CCC. The van der Waals surface area contributed by atoms with Gasteiger partial charge in [0.05, 0.1) is 16.6 Å². The van der Waals surface area contributed by atoms with Crippen molar-refractivity contribution in [3.8, 4) is 0 Å². The monoisotopic (exact) mass is 226 g/mol. The zero-order valence-electron chi connectivity index (χ0n) is 9.29. The molecule has 1 aromatic heterocycles. The van der Waals surface area contributed by atoms with E-state index in [9.17, 15) is 0 Å². The molecule has 1 atom stereocenters. The average Bonchev–Trinajstić information content (AvgIpc) is 2.63. The molecular formula is C10H18N4S. The summed E-state index contributed by atoms with van der Waals surface area (Å²) in [5.74, 6) is 5.54. The van der Waals surface area contributed by atoms with Gasteiger partial charge in [-0.25, -0.2) is 0 Å². The molecule has 0 spiro atoms. The molecule has 0 bridgehead atoms. The Hall–Kier alpha value is -0.780. The number of hydrazine groups is 1. The minimum atomic E-state index is 0.101. The number of rotatable bonds is 6. The molecule has 4 nitrogen and oxygen atoms in total. The first-order chi connectivity index (χ1) is 7.19. The molecule has 3 N–H and O–H groups in total. The van der Waals surface area contributed by atoms with Crippen molar-refractivity contribution in [3.63, 3.8) is 0 Å². The summed E-state index contributed by atoms with van der Waals surface area (Å²) in [5, 5.41) is 4.13. The third-order valence-corrected chi connectivity index (χ3v) is 3.02. The lowest BCUT2D eigenvalue weighted by Crippen LogP contribution is -2.28. The molecule has 0 radical (unpaired) electrons. The number of hydrogen-bond donors (Lipinski definition) is 2. The summed E-state index contributed by atoms with van der Waals surface area (Å²) in [5.41, 5.74) is 4.97. The second kappa shape index (κ2) is 5.95. The van der Waals surface area contributed by atoms with Crippen LogP contribution in [-0.2, 0) is 6.42 Å². The molecule has 0 saturated carbocycles. The number of nitrogens with one attached hydrogen (secondary N) is 1. The Labute approximate surface area is 94.7 Å². The number of aromatic nitrogens is 2. The topological polar surface area (TPSA) is 63.8 Å². The zero-order valence-corrected chi connectivity index (χ0v) is 10.1. The molecule has 0 fully saturated rings. The average molecular weight is 226 g/mol. The van der Waals surface area contributed by atoms with E-state index in [1.54, 1.807) is 0 Å². The van der Waals surface area contributed by atoms with Gasteiger partial charge >= 0.3 is 0 Å². The lowest BCUT2D eigenvalue weighted by molar-refractivity contribution is 0.552. The van der Waals surface area contributed by atoms with Crippen molar-refractivity contribution in [1.82, 2.24) is 15.0 Å². The molecule has 1 rings (SSSR count). The third-order valence-electron chi connectivity index (χ3n) is 2.14. The maximum Gasteiger partial charge on any atom is 0.0804 e. The van der Waals surface area contributed by atoms with Gasteiger partial charge < -0.3 is 0 Å². The summed E-state index contributed by atoms with van der Waals surface area (Å²) in [6, 6.07) is 0.101. The van der Waals surface area contributed by atoms with E-state index in [-0.39, 0.29) is 6.04 Å². The van der Waals surface area contributed by atoms with Gasteiger partial charge in [0.25, 0.3) is 0 Å². The van der Waals surface area contributed by atoms with Crippen LogP contribution in [0.1, 0.15) is 43.3 Å². The fourth-order valence-corrected chi connectivity index (χ4v) is 2.22. The highest BCUT2D eigenvalue weighted by Gasteiger charge is 2.17. The van der Waals surface area contributed by atoms with Crippen molar-refractivity contribution in [2.75, 3.05) is 0 Å². The molecule has 0 aliphatic carbocycles. The fourth-order valence-electron chi connectivity index (χ4n) is 1.47. The predicted octanol–water partition coefficient (Wildman–Crippen LogP) is 1.96. The maximum atomic E-state index is 5.54. The van der Waals surface area contributed by atoms with Crippen LogP contribution >= 0.6 is 11.5 Å². The highest BCUT2D eigenvalue weighted by Crippen LogP contribution is 2.25. The molecule has 0 aromatic carbocycles. The van der Waals surface area contributed by atoms with Crippen LogP contribution in [0.3, 0.4) is 0 Å². The summed E-state index contributed by atoms with van der Waals surface area (Å²) in [6.45, 7) is 8.03. The van der Waals surface area contributed by atoms with Gasteiger partial charge in [0.1, 0.15) is 0 Å². The van der Waals surface area contributed by atoms with Gasteiger partial charge in [-0.3, -0.25) is 11.3 Å². The summed E-state index contributed by atoms with van der Waals surface area (Å²) < 4.78 is 3.98. The molecule has 5 heteroatoms. The Balaban J connectivity index is 2.80. The fraction of sp³-hybridized carbons (Fsp3) is 0.600. The number of nitrogens with two attached hydrogens (primary N) is 1. The Kier molecular flexibility index (Phi) is 4.87. The lowest BCUT2D eigenvalue weighted by Gasteiger charge is -2.14. The van der Waals surface area contributed by atoms with E-state index in [4.69, 9.17) is 5.84 Å². The van der Waals surface area contributed by atoms with Gasteiger partial charge in [0.15, 0.2) is 0 Å². The van der Waals surface area contributed by atoms with Gasteiger partial charge in [-0.2, -0.15) is 0 Å². The van der Waals surface area contributed by atoms with Gasteiger partial charge in [-0.15, -0.1) is 11.7 Å². The first-order valence-electron chi connectivity index (χ1n) is 5.10. The molecule has 1 heterocycles. The van der Waals surface area contributed by atoms with Gasteiger partial charge in [0.2, 0.25) is 0 Å². The van der Waals surface area contributed by atoms with Gasteiger partial charge in [0, 0.05) is 0 Å². The molecule has 84 valence electrons. The highest BCUT2D eigenvalue weighted by molar-refractivity contribution is 7.05. The van der Waals surface area contributed by atoms with Crippen LogP contribution in [0.25, 0.3) is 0 Å². The molecule has 0 amide bonds. The van der Waals surface area contributed by atoms with Crippen LogP contribution in [0.4, 0.5) is 0 Å². The maximum absolute atomic E-state index is 5.54. The van der Waals surface area contributed by atoms with E-state index in [1.807, 2.05) is 6.92 Å². The summed E-state index contributed by atoms with van der Waals surface area (Å²) in [7, 11) is 0. The number of nitrogens with zero attached hydrogens (tertiary/aromatic N) is 2. The van der Waals surface area contributed by atoms with Crippen molar-refractivity contribution in [3.05, 3.63) is 22.7 Å². The Bertz CT molecular complexity index is 321. The Morgan fingerprint density at radius 1 is 1.67 bits per heavy atom. The molecule has 0 aliphatic heterocycles. The van der Waals surface area contributed by atoms with E-state index in [2.05, 4.69) is 28.5 Å². The summed E-state index contributed by atoms with van der Waals surface area (Å²) in [4.78, 5) is 1.14. The van der Waals surface area contributed by atoms with Crippen molar-refractivity contribution in [2.45, 2.75) is 39.2 Å².